The van der Waals surface area contributed by atoms with Gasteiger partial charge in [0.1, 0.15) is 5.75 Å². The lowest BCUT2D eigenvalue weighted by molar-refractivity contribution is 0.254. The lowest BCUT2D eigenvalue weighted by Crippen LogP contribution is -2.29. The monoisotopic (exact) mass is 335 g/mol. The number of benzene rings is 1. The second-order valence-electron chi connectivity index (χ2n) is 4.64. The van der Waals surface area contributed by atoms with Crippen LogP contribution in [0.5, 0.6) is 5.75 Å². The van der Waals surface area contributed by atoms with E-state index >= 15 is 0 Å². The van der Waals surface area contributed by atoms with Gasteiger partial charge in [0.05, 0.1) is 11.6 Å². The first-order valence-corrected chi connectivity index (χ1v) is 8.67. The van der Waals surface area contributed by atoms with Gasteiger partial charge in [0, 0.05) is 42.0 Å². The molecule has 6 heteroatoms. The van der Waals surface area contributed by atoms with E-state index in [0.29, 0.717) is 16.7 Å². The number of fused-ring (bicyclic) bond motifs is 1. The summed E-state index contributed by atoms with van der Waals surface area (Å²) in [6.45, 7) is 1.86. The lowest BCUT2D eigenvalue weighted by atomic mass is 10.0. The summed E-state index contributed by atoms with van der Waals surface area (Å²) < 4.78 is 5.64. The zero-order valence-electron chi connectivity index (χ0n) is 11.2. The highest BCUT2D eigenvalue weighted by Crippen LogP contribution is 2.39. The van der Waals surface area contributed by atoms with E-state index in [4.69, 9.17) is 33.0 Å². The fourth-order valence-corrected chi connectivity index (χ4v) is 3.57. The first-order chi connectivity index (χ1) is 9.72. The largest absolute Gasteiger partial charge is 0.492 e. The van der Waals surface area contributed by atoms with Crippen molar-refractivity contribution in [3.05, 3.63) is 27.7 Å². The number of aliphatic hydroxyl groups excluding tert-OH is 1. The first kappa shape index (κ1) is 16.2. The Morgan fingerprint density at radius 1 is 1.35 bits per heavy atom. The maximum absolute atomic E-state index is 8.72. The zero-order chi connectivity index (χ0) is 14.4. The smallest absolute Gasteiger partial charge is 0.142 e. The van der Waals surface area contributed by atoms with Gasteiger partial charge in [0.25, 0.3) is 0 Å². The van der Waals surface area contributed by atoms with Crippen molar-refractivity contribution in [2.45, 2.75) is 18.9 Å². The van der Waals surface area contributed by atoms with Crippen LogP contribution in [0.1, 0.15) is 24.4 Å². The Morgan fingerprint density at radius 2 is 2.20 bits per heavy atom. The molecule has 0 saturated heterocycles. The molecular weight excluding hydrogens is 317 g/mol. The Balaban J connectivity index is 1.88. The molecule has 3 nitrogen and oxygen atoms in total. The number of hydrogen-bond donors (Lipinski definition) is 2. The van der Waals surface area contributed by atoms with Crippen molar-refractivity contribution in [2.75, 3.05) is 31.3 Å². The molecule has 1 unspecified atom stereocenters. The van der Waals surface area contributed by atoms with Gasteiger partial charge < -0.3 is 15.2 Å². The van der Waals surface area contributed by atoms with E-state index in [0.717, 1.165) is 42.2 Å². The minimum absolute atomic E-state index is 0.244. The summed E-state index contributed by atoms with van der Waals surface area (Å²) in [7, 11) is 0. The van der Waals surface area contributed by atoms with Gasteiger partial charge in [0.2, 0.25) is 0 Å². The predicted octanol–water partition coefficient (Wildman–Crippen LogP) is 3.52. The Hall–Kier alpha value is -0.130. The van der Waals surface area contributed by atoms with Gasteiger partial charge in [-0.1, -0.05) is 23.2 Å². The summed E-state index contributed by atoms with van der Waals surface area (Å²) in [5.74, 6) is 2.79. The summed E-state index contributed by atoms with van der Waals surface area (Å²) >= 11 is 14.1. The molecule has 0 amide bonds. The SMILES string of the molecule is OCCCSCCNC1CCOc2c(Cl)cc(Cl)cc21. The maximum Gasteiger partial charge on any atom is 0.142 e. The summed E-state index contributed by atoms with van der Waals surface area (Å²) in [4.78, 5) is 0. The van der Waals surface area contributed by atoms with Crippen LogP contribution in [0.4, 0.5) is 0 Å². The second kappa shape index (κ2) is 8.35. The third-order valence-corrected chi connectivity index (χ3v) is 4.72. The number of nitrogens with one attached hydrogen (secondary N) is 1. The number of aliphatic hydroxyl groups is 1. The Bertz CT molecular complexity index is 445. The minimum atomic E-state index is 0.244. The van der Waals surface area contributed by atoms with E-state index in [1.165, 1.54) is 0 Å². The number of hydrogen-bond acceptors (Lipinski definition) is 4. The summed E-state index contributed by atoms with van der Waals surface area (Å²) in [5, 5.41) is 13.5. The van der Waals surface area contributed by atoms with Crippen LogP contribution >= 0.6 is 35.0 Å². The summed E-state index contributed by atoms with van der Waals surface area (Å²) in [6.07, 6.45) is 1.78. The molecule has 1 aliphatic heterocycles. The van der Waals surface area contributed by atoms with Crippen molar-refractivity contribution < 1.29 is 9.84 Å². The summed E-state index contributed by atoms with van der Waals surface area (Å²) in [6, 6.07) is 3.89. The van der Waals surface area contributed by atoms with Crippen molar-refractivity contribution in [2.24, 2.45) is 0 Å². The van der Waals surface area contributed by atoms with Gasteiger partial charge >= 0.3 is 0 Å². The quantitative estimate of drug-likeness (QED) is 0.748. The van der Waals surface area contributed by atoms with Crippen LogP contribution in [0.15, 0.2) is 12.1 Å². The molecule has 2 N–H and O–H groups in total. The normalized spacial score (nSPS) is 17.6. The van der Waals surface area contributed by atoms with E-state index < -0.39 is 0 Å². The molecule has 0 fully saturated rings. The highest BCUT2D eigenvalue weighted by Gasteiger charge is 2.23. The highest BCUT2D eigenvalue weighted by atomic mass is 35.5. The third kappa shape index (κ3) is 4.43. The molecular formula is C14H19Cl2NO2S. The highest BCUT2D eigenvalue weighted by molar-refractivity contribution is 7.99. The van der Waals surface area contributed by atoms with Crippen LogP contribution < -0.4 is 10.1 Å². The van der Waals surface area contributed by atoms with Crippen LogP contribution in [0, 0.1) is 0 Å². The van der Waals surface area contributed by atoms with E-state index in [1.807, 2.05) is 17.8 Å². The van der Waals surface area contributed by atoms with Crippen LogP contribution in [0.3, 0.4) is 0 Å². The maximum atomic E-state index is 8.72. The Labute approximate surface area is 134 Å². The van der Waals surface area contributed by atoms with Crippen LogP contribution in [-0.2, 0) is 0 Å². The zero-order valence-corrected chi connectivity index (χ0v) is 13.5. The van der Waals surface area contributed by atoms with Gasteiger partial charge in [-0.05, 0) is 24.3 Å². The molecule has 0 aromatic heterocycles. The van der Waals surface area contributed by atoms with Crippen molar-refractivity contribution in [3.63, 3.8) is 0 Å². The Kier molecular flexibility index (Phi) is 6.78. The molecule has 2 rings (SSSR count). The molecule has 1 aromatic carbocycles. The van der Waals surface area contributed by atoms with Gasteiger partial charge in [-0.25, -0.2) is 0 Å². The van der Waals surface area contributed by atoms with Crippen LogP contribution in [0.2, 0.25) is 10.0 Å². The van der Waals surface area contributed by atoms with Gasteiger partial charge in [-0.15, -0.1) is 0 Å². The van der Waals surface area contributed by atoms with E-state index in [-0.39, 0.29) is 12.6 Å². The topological polar surface area (TPSA) is 41.5 Å². The predicted molar refractivity (Wildman–Crippen MR) is 86.3 cm³/mol. The minimum Gasteiger partial charge on any atom is -0.492 e. The fourth-order valence-electron chi connectivity index (χ4n) is 2.21. The molecule has 0 aliphatic carbocycles. The molecule has 0 bridgehead atoms. The average molecular weight is 336 g/mol. The molecule has 0 saturated carbocycles. The van der Waals surface area contributed by atoms with Crippen molar-refractivity contribution >= 4 is 35.0 Å². The van der Waals surface area contributed by atoms with Crippen molar-refractivity contribution in [1.82, 2.24) is 5.32 Å². The van der Waals surface area contributed by atoms with E-state index in [1.54, 1.807) is 6.07 Å². The Morgan fingerprint density at radius 3 is 3.00 bits per heavy atom. The van der Waals surface area contributed by atoms with Crippen molar-refractivity contribution in [3.8, 4) is 5.75 Å². The van der Waals surface area contributed by atoms with Gasteiger partial charge in [0.15, 0.2) is 0 Å². The molecule has 0 radical (unpaired) electrons. The second-order valence-corrected chi connectivity index (χ2v) is 6.71. The first-order valence-electron chi connectivity index (χ1n) is 6.76. The van der Waals surface area contributed by atoms with E-state index in [9.17, 15) is 0 Å². The van der Waals surface area contributed by atoms with Crippen LogP contribution in [0.25, 0.3) is 0 Å². The molecule has 1 heterocycles. The molecule has 0 spiro atoms. The lowest BCUT2D eigenvalue weighted by Gasteiger charge is -2.27. The molecule has 20 heavy (non-hydrogen) atoms. The molecule has 1 atom stereocenters. The standard InChI is InChI=1S/C14H19Cl2NO2S/c15-10-8-11-13(17-3-7-20-6-1-4-18)2-5-19-14(11)12(16)9-10/h8-9,13,17-18H,1-7H2. The number of thioether (sulfide) groups is 1. The number of halogens is 2. The summed E-state index contributed by atoms with van der Waals surface area (Å²) in [5.41, 5.74) is 1.05. The van der Waals surface area contributed by atoms with Gasteiger partial charge in [-0.3, -0.25) is 0 Å². The van der Waals surface area contributed by atoms with E-state index in [2.05, 4.69) is 5.32 Å². The number of rotatable bonds is 7. The molecule has 112 valence electrons. The molecule has 1 aliphatic rings. The van der Waals surface area contributed by atoms with Crippen LogP contribution in [-0.4, -0.2) is 36.4 Å². The average Bonchev–Trinajstić information content (AvgIpc) is 2.43. The third-order valence-electron chi connectivity index (χ3n) is 3.15. The fraction of sp³-hybridized carbons (Fsp3) is 0.571. The van der Waals surface area contributed by atoms with Crippen molar-refractivity contribution in [1.29, 1.82) is 0 Å². The number of ether oxygens (including phenoxy) is 1. The molecule has 1 aromatic rings. The van der Waals surface area contributed by atoms with Gasteiger partial charge in [-0.2, -0.15) is 11.8 Å².